The van der Waals surface area contributed by atoms with Gasteiger partial charge in [0.1, 0.15) is 5.58 Å². The zero-order valence-corrected chi connectivity index (χ0v) is 24.2. The summed E-state index contributed by atoms with van der Waals surface area (Å²) in [4.78, 5) is 13.5. The third-order valence-electron chi connectivity index (χ3n) is 6.47. The van der Waals surface area contributed by atoms with Crippen LogP contribution in [-0.2, 0) is 20.1 Å². The van der Waals surface area contributed by atoms with Gasteiger partial charge in [0.2, 0.25) is 0 Å². The Labute approximate surface area is 241 Å². The van der Waals surface area contributed by atoms with Crippen molar-refractivity contribution in [3.8, 4) is 22.5 Å². The molecule has 4 nitrogen and oxygen atoms in total. The van der Waals surface area contributed by atoms with E-state index >= 15 is 0 Å². The SMILES string of the molecule is Cc1ccc(-c2[c-]ccc3c2oc2c4ccc(C)nc4ccc32)nc1.Cc1ccc(-c2[c-]cccc2)nc1.[Ir]. The van der Waals surface area contributed by atoms with Gasteiger partial charge in [-0.3, -0.25) is 4.98 Å². The molecule has 0 amide bonds. The first-order valence-corrected chi connectivity index (χ1v) is 12.5. The van der Waals surface area contributed by atoms with Crippen LogP contribution in [0.15, 0.2) is 102 Å². The van der Waals surface area contributed by atoms with Gasteiger partial charge in [-0.1, -0.05) is 35.2 Å². The van der Waals surface area contributed by atoms with E-state index < -0.39 is 0 Å². The molecule has 0 saturated heterocycles. The second-order valence-electron chi connectivity index (χ2n) is 9.38. The van der Waals surface area contributed by atoms with E-state index in [0.29, 0.717) is 0 Å². The van der Waals surface area contributed by atoms with Crippen molar-refractivity contribution in [2.45, 2.75) is 20.8 Å². The van der Waals surface area contributed by atoms with Gasteiger partial charge >= 0.3 is 0 Å². The van der Waals surface area contributed by atoms with E-state index in [1.54, 1.807) is 0 Å². The molecule has 0 fully saturated rings. The fourth-order valence-corrected chi connectivity index (χ4v) is 4.49. The van der Waals surface area contributed by atoms with E-state index in [-0.39, 0.29) is 20.1 Å². The molecular formula is C34H25IrN3O-2. The Bertz CT molecular complexity index is 1880. The van der Waals surface area contributed by atoms with Crippen LogP contribution in [0.3, 0.4) is 0 Å². The Kier molecular flexibility index (Phi) is 7.65. The summed E-state index contributed by atoms with van der Waals surface area (Å²) in [6.07, 6.45) is 3.74. The minimum Gasteiger partial charge on any atom is -0.500 e. The number of rotatable bonds is 2. The summed E-state index contributed by atoms with van der Waals surface area (Å²) in [5, 5.41) is 3.20. The van der Waals surface area contributed by atoms with Gasteiger partial charge in [-0.25, -0.2) is 0 Å². The Morgan fingerprint density at radius 1 is 0.615 bits per heavy atom. The number of aryl methyl sites for hydroxylation is 3. The molecule has 0 bridgehead atoms. The van der Waals surface area contributed by atoms with E-state index in [9.17, 15) is 0 Å². The van der Waals surface area contributed by atoms with Crippen LogP contribution >= 0.6 is 0 Å². The third kappa shape index (κ3) is 5.37. The molecule has 0 N–H and O–H groups in total. The van der Waals surface area contributed by atoms with Crippen molar-refractivity contribution in [3.05, 3.63) is 126 Å². The third-order valence-corrected chi connectivity index (χ3v) is 6.47. The molecule has 0 saturated carbocycles. The number of hydrogen-bond donors (Lipinski definition) is 0. The largest absolute Gasteiger partial charge is 0.500 e. The van der Waals surface area contributed by atoms with Crippen molar-refractivity contribution in [3.63, 3.8) is 0 Å². The summed E-state index contributed by atoms with van der Waals surface area (Å²) < 4.78 is 6.31. The molecule has 4 aromatic heterocycles. The molecule has 4 heterocycles. The first-order chi connectivity index (χ1) is 18.6. The molecule has 0 aliphatic heterocycles. The molecular weight excluding hydrogens is 659 g/mol. The van der Waals surface area contributed by atoms with Crippen molar-refractivity contribution < 1.29 is 24.5 Å². The summed E-state index contributed by atoms with van der Waals surface area (Å²) in [6, 6.07) is 34.7. The van der Waals surface area contributed by atoms with E-state index in [1.165, 1.54) is 5.56 Å². The van der Waals surface area contributed by atoms with Gasteiger partial charge in [0.05, 0.1) is 11.1 Å². The number of aromatic nitrogens is 3. The van der Waals surface area contributed by atoms with Gasteiger partial charge in [-0.2, -0.15) is 0 Å². The average Bonchev–Trinajstić information content (AvgIpc) is 3.34. The first kappa shape index (κ1) is 26.4. The number of benzene rings is 3. The van der Waals surface area contributed by atoms with Gasteiger partial charge < -0.3 is 14.4 Å². The number of fused-ring (bicyclic) bond motifs is 5. The summed E-state index contributed by atoms with van der Waals surface area (Å²) in [5.74, 6) is 0. The molecule has 5 heteroatoms. The van der Waals surface area contributed by atoms with Crippen LogP contribution in [0, 0.1) is 32.9 Å². The molecule has 0 aliphatic carbocycles. The van der Waals surface area contributed by atoms with Crippen LogP contribution in [0.4, 0.5) is 0 Å². The summed E-state index contributed by atoms with van der Waals surface area (Å²) >= 11 is 0. The Balaban J connectivity index is 0.000000187. The van der Waals surface area contributed by atoms with E-state index in [4.69, 9.17) is 4.42 Å². The van der Waals surface area contributed by atoms with E-state index in [0.717, 1.165) is 66.6 Å². The number of hydrogen-bond acceptors (Lipinski definition) is 4. The van der Waals surface area contributed by atoms with E-state index in [2.05, 4.69) is 57.4 Å². The maximum atomic E-state index is 6.31. The summed E-state index contributed by atoms with van der Waals surface area (Å²) in [6.45, 7) is 6.06. The Morgan fingerprint density at radius 2 is 1.33 bits per heavy atom. The van der Waals surface area contributed by atoms with Gasteiger partial charge in [0.15, 0.2) is 0 Å². The van der Waals surface area contributed by atoms with Crippen molar-refractivity contribution in [1.29, 1.82) is 0 Å². The molecule has 39 heavy (non-hydrogen) atoms. The monoisotopic (exact) mass is 684 g/mol. The van der Waals surface area contributed by atoms with Crippen LogP contribution in [0.5, 0.6) is 0 Å². The molecule has 0 atom stereocenters. The van der Waals surface area contributed by atoms with Crippen molar-refractivity contribution >= 4 is 32.8 Å². The van der Waals surface area contributed by atoms with Crippen molar-refractivity contribution in [1.82, 2.24) is 15.0 Å². The molecule has 7 rings (SSSR count). The first-order valence-electron chi connectivity index (χ1n) is 12.5. The van der Waals surface area contributed by atoms with Gasteiger partial charge in [-0.05, 0) is 67.6 Å². The molecule has 193 valence electrons. The minimum absolute atomic E-state index is 0. The fraction of sp³-hybridized carbons (Fsp3) is 0.0882. The van der Waals surface area contributed by atoms with Crippen LogP contribution < -0.4 is 0 Å². The van der Waals surface area contributed by atoms with Gasteiger partial charge in [0, 0.05) is 49.0 Å². The zero-order valence-electron chi connectivity index (χ0n) is 21.8. The maximum absolute atomic E-state index is 6.31. The number of furan rings is 1. The second kappa shape index (κ2) is 11.3. The minimum atomic E-state index is 0. The predicted molar refractivity (Wildman–Crippen MR) is 154 cm³/mol. The Hall–Kier alpha value is -4.18. The zero-order chi connectivity index (χ0) is 26.1. The molecule has 7 aromatic rings. The van der Waals surface area contributed by atoms with Crippen LogP contribution in [-0.4, -0.2) is 15.0 Å². The average molecular weight is 684 g/mol. The van der Waals surface area contributed by atoms with Gasteiger partial charge in [0.25, 0.3) is 0 Å². The second-order valence-corrected chi connectivity index (χ2v) is 9.38. The predicted octanol–water partition coefficient (Wildman–Crippen LogP) is 8.47. The van der Waals surface area contributed by atoms with Crippen LogP contribution in [0.1, 0.15) is 16.8 Å². The molecule has 0 spiro atoms. The smallest absolute Gasteiger partial charge is 0.130 e. The fourth-order valence-electron chi connectivity index (χ4n) is 4.49. The maximum Gasteiger partial charge on any atom is 0.130 e. The van der Waals surface area contributed by atoms with Crippen LogP contribution in [0.2, 0.25) is 0 Å². The molecule has 0 aliphatic rings. The van der Waals surface area contributed by atoms with Crippen LogP contribution in [0.25, 0.3) is 55.4 Å². The molecule has 0 unspecified atom stereocenters. The Morgan fingerprint density at radius 3 is 2.03 bits per heavy atom. The standard InChI is InChI=1S/C22H15N2O.C12H10N.Ir/c1-13-6-10-19(23-12-13)17-5-3-4-15-16-9-11-20-18(8-7-14(2)24-20)22(16)25-21(15)17;1-10-7-8-12(13-9-10)11-5-3-2-4-6-11;/h3-4,6-12H,1-2H3;2-5,7-9H,1H3;/q2*-1;. The number of pyridine rings is 3. The van der Waals surface area contributed by atoms with E-state index in [1.807, 2.05) is 87.8 Å². The topological polar surface area (TPSA) is 51.8 Å². The summed E-state index contributed by atoms with van der Waals surface area (Å²) in [5.41, 5.74) is 9.73. The van der Waals surface area contributed by atoms with Gasteiger partial charge in [-0.15, -0.1) is 54.1 Å². The summed E-state index contributed by atoms with van der Waals surface area (Å²) in [7, 11) is 0. The van der Waals surface area contributed by atoms with Crippen molar-refractivity contribution in [2.24, 2.45) is 0 Å². The quantitative estimate of drug-likeness (QED) is 0.172. The molecule has 1 radical (unpaired) electrons. The normalized spacial score (nSPS) is 10.7. The number of nitrogens with zero attached hydrogens (tertiary/aromatic N) is 3. The van der Waals surface area contributed by atoms with Crippen molar-refractivity contribution in [2.75, 3.05) is 0 Å². The molecule has 3 aromatic carbocycles.